The number of pyridine rings is 1. The van der Waals surface area contributed by atoms with Crippen molar-refractivity contribution in [3.05, 3.63) is 54.4 Å². The van der Waals surface area contributed by atoms with Crippen LogP contribution in [0.2, 0.25) is 0 Å². The summed E-state index contributed by atoms with van der Waals surface area (Å²) in [5.74, 6) is -1.39. The van der Waals surface area contributed by atoms with E-state index in [1.807, 2.05) is 0 Å². The van der Waals surface area contributed by atoms with Gasteiger partial charge >= 0.3 is 11.8 Å². The lowest BCUT2D eigenvalue weighted by Gasteiger charge is -2.33. The van der Waals surface area contributed by atoms with Gasteiger partial charge in [-0.15, -0.1) is 0 Å². The molecule has 1 aromatic heterocycles. The number of hydrogen-bond donors (Lipinski definition) is 2. The zero-order valence-electron chi connectivity index (χ0n) is 16.9. The Labute approximate surface area is 175 Å². The van der Waals surface area contributed by atoms with Gasteiger partial charge in [0.2, 0.25) is 0 Å². The van der Waals surface area contributed by atoms with Gasteiger partial charge in [-0.05, 0) is 55.0 Å². The van der Waals surface area contributed by atoms with Gasteiger partial charge < -0.3 is 15.5 Å². The molecule has 2 N–H and O–H groups in total. The minimum absolute atomic E-state index is 0.214. The molecule has 4 rings (SSSR count). The van der Waals surface area contributed by atoms with Crippen molar-refractivity contribution in [3.63, 3.8) is 0 Å². The maximum absolute atomic E-state index is 12.7. The Morgan fingerprint density at radius 1 is 0.900 bits per heavy atom. The van der Waals surface area contributed by atoms with Gasteiger partial charge in [-0.2, -0.15) is 0 Å². The molecule has 0 atom stereocenters. The molecule has 1 spiro atoms. The van der Waals surface area contributed by atoms with Crippen LogP contribution in [0.25, 0.3) is 0 Å². The van der Waals surface area contributed by atoms with E-state index >= 15 is 0 Å². The summed E-state index contributed by atoms with van der Waals surface area (Å²) in [6.45, 7) is 1.33. The van der Waals surface area contributed by atoms with E-state index in [2.05, 4.69) is 15.6 Å². The first-order valence-electron chi connectivity index (χ1n) is 10.5. The number of aromatic nitrogens is 1. The largest absolute Gasteiger partial charge is 0.334 e. The average molecular weight is 406 g/mol. The molecule has 7 nitrogen and oxygen atoms in total. The van der Waals surface area contributed by atoms with Crippen molar-refractivity contribution in [1.82, 2.24) is 9.88 Å². The summed E-state index contributed by atoms with van der Waals surface area (Å²) in [7, 11) is 0. The fourth-order valence-corrected chi connectivity index (χ4v) is 4.53. The third-order valence-corrected chi connectivity index (χ3v) is 6.15. The molecule has 0 radical (unpaired) electrons. The van der Waals surface area contributed by atoms with Crippen LogP contribution in [0.1, 0.15) is 48.9 Å². The number of benzene rings is 1. The van der Waals surface area contributed by atoms with Crippen LogP contribution in [-0.4, -0.2) is 40.7 Å². The summed E-state index contributed by atoms with van der Waals surface area (Å²) in [5.41, 5.74) is 1.70. The van der Waals surface area contributed by atoms with E-state index in [1.165, 1.54) is 19.3 Å². The van der Waals surface area contributed by atoms with Crippen molar-refractivity contribution in [2.24, 2.45) is 5.41 Å². The Bertz CT molecular complexity index is 938. The minimum Gasteiger partial charge on any atom is -0.334 e. The molecule has 1 saturated heterocycles. The van der Waals surface area contributed by atoms with Crippen molar-refractivity contribution >= 4 is 29.1 Å². The van der Waals surface area contributed by atoms with E-state index in [-0.39, 0.29) is 11.3 Å². The lowest BCUT2D eigenvalue weighted by molar-refractivity contribution is -0.142. The molecule has 2 aliphatic rings. The predicted molar refractivity (Wildman–Crippen MR) is 114 cm³/mol. The highest BCUT2D eigenvalue weighted by atomic mass is 16.2. The number of rotatable bonds is 3. The number of carbonyl (C=O) groups excluding carboxylic acids is 3. The van der Waals surface area contributed by atoms with Crippen molar-refractivity contribution < 1.29 is 14.4 Å². The molecule has 1 aliphatic carbocycles. The average Bonchev–Trinajstić information content (AvgIpc) is 3.17. The molecule has 7 heteroatoms. The van der Waals surface area contributed by atoms with Crippen LogP contribution in [0.3, 0.4) is 0 Å². The Balaban J connectivity index is 1.36. The molecule has 30 heavy (non-hydrogen) atoms. The van der Waals surface area contributed by atoms with Crippen LogP contribution < -0.4 is 10.6 Å². The second kappa shape index (κ2) is 8.65. The van der Waals surface area contributed by atoms with E-state index in [1.54, 1.807) is 53.7 Å². The van der Waals surface area contributed by atoms with Gasteiger partial charge in [0.25, 0.3) is 5.91 Å². The lowest BCUT2D eigenvalue weighted by Crippen LogP contribution is -2.40. The fraction of sp³-hybridized carbons (Fsp3) is 0.391. The van der Waals surface area contributed by atoms with Crippen LogP contribution in [-0.2, 0) is 9.59 Å². The van der Waals surface area contributed by atoms with E-state index in [0.717, 1.165) is 19.3 Å². The molecule has 1 aromatic carbocycles. The van der Waals surface area contributed by atoms with Crippen LogP contribution in [0, 0.1) is 5.41 Å². The van der Waals surface area contributed by atoms with E-state index in [0.29, 0.717) is 30.0 Å². The first-order chi connectivity index (χ1) is 14.5. The lowest BCUT2D eigenvalue weighted by atomic mass is 9.73. The van der Waals surface area contributed by atoms with Crippen molar-refractivity contribution in [2.45, 2.75) is 38.5 Å². The molecule has 2 fully saturated rings. The highest BCUT2D eigenvalue weighted by molar-refractivity contribution is 6.39. The normalized spacial score (nSPS) is 17.5. The van der Waals surface area contributed by atoms with Gasteiger partial charge in [0.15, 0.2) is 0 Å². The zero-order chi connectivity index (χ0) is 21.0. The Hall–Kier alpha value is -3.22. The van der Waals surface area contributed by atoms with Crippen LogP contribution >= 0.6 is 0 Å². The van der Waals surface area contributed by atoms with Crippen molar-refractivity contribution in [2.75, 3.05) is 23.7 Å². The Morgan fingerprint density at radius 2 is 1.60 bits per heavy atom. The number of hydrogen-bond acceptors (Lipinski definition) is 4. The number of nitrogens with zero attached hydrogens (tertiary/aromatic N) is 2. The van der Waals surface area contributed by atoms with E-state index in [9.17, 15) is 14.4 Å². The van der Waals surface area contributed by atoms with Crippen LogP contribution in [0.15, 0.2) is 48.8 Å². The molecule has 0 bridgehead atoms. The molecule has 3 amide bonds. The maximum atomic E-state index is 12.7. The van der Waals surface area contributed by atoms with Gasteiger partial charge in [-0.25, -0.2) is 0 Å². The van der Waals surface area contributed by atoms with E-state index in [4.69, 9.17) is 0 Å². The topological polar surface area (TPSA) is 91.4 Å². The first kappa shape index (κ1) is 20.1. The van der Waals surface area contributed by atoms with Crippen LogP contribution in [0.5, 0.6) is 0 Å². The number of nitrogens with one attached hydrogen (secondary N) is 2. The predicted octanol–water partition coefficient (Wildman–Crippen LogP) is 3.46. The molecule has 2 heterocycles. The molecule has 156 valence electrons. The number of carbonyl (C=O) groups is 3. The second-order valence-electron chi connectivity index (χ2n) is 8.26. The zero-order valence-corrected chi connectivity index (χ0v) is 16.9. The third-order valence-electron chi connectivity index (χ3n) is 6.15. The molecular weight excluding hydrogens is 380 g/mol. The second-order valence-corrected chi connectivity index (χ2v) is 8.26. The smallest absolute Gasteiger partial charge is 0.313 e. The number of amides is 3. The highest BCUT2D eigenvalue weighted by Gasteiger charge is 2.41. The summed E-state index contributed by atoms with van der Waals surface area (Å²) in [5, 5.41) is 5.45. The summed E-state index contributed by atoms with van der Waals surface area (Å²) in [4.78, 5) is 43.1. The van der Waals surface area contributed by atoms with Crippen LogP contribution in [0.4, 0.5) is 11.4 Å². The molecule has 1 saturated carbocycles. The Morgan fingerprint density at radius 3 is 2.33 bits per heavy atom. The fourth-order valence-electron chi connectivity index (χ4n) is 4.53. The SMILES string of the molecule is O=C(Nc1cccc(NC(=O)c2ccncc2)c1)C(=O)N1CCC2(CCCCC2)C1. The van der Waals surface area contributed by atoms with Crippen molar-refractivity contribution in [3.8, 4) is 0 Å². The third kappa shape index (κ3) is 4.50. The van der Waals surface area contributed by atoms with Gasteiger partial charge in [0.05, 0.1) is 0 Å². The van der Waals surface area contributed by atoms with Gasteiger partial charge in [-0.3, -0.25) is 19.4 Å². The Kier molecular flexibility index (Phi) is 5.79. The van der Waals surface area contributed by atoms with Gasteiger partial charge in [0, 0.05) is 42.4 Å². The molecule has 1 aliphatic heterocycles. The minimum atomic E-state index is -0.638. The monoisotopic (exact) mass is 406 g/mol. The first-order valence-corrected chi connectivity index (χ1v) is 10.5. The standard InChI is InChI=1S/C23H26N4O3/c28-20(17-7-12-24-13-8-17)25-18-5-4-6-19(15-18)26-21(29)22(30)27-14-11-23(16-27)9-2-1-3-10-23/h4-8,12-13,15H,1-3,9-11,14,16H2,(H,25,28)(H,26,29). The number of anilines is 2. The molecule has 0 unspecified atom stereocenters. The maximum Gasteiger partial charge on any atom is 0.313 e. The molecular formula is C23H26N4O3. The summed E-state index contributed by atoms with van der Waals surface area (Å²) >= 11 is 0. The quantitative estimate of drug-likeness (QED) is 0.764. The molecule has 2 aromatic rings. The van der Waals surface area contributed by atoms with Gasteiger partial charge in [0.1, 0.15) is 0 Å². The van der Waals surface area contributed by atoms with E-state index < -0.39 is 11.8 Å². The van der Waals surface area contributed by atoms with Gasteiger partial charge in [-0.1, -0.05) is 25.3 Å². The highest BCUT2D eigenvalue weighted by Crippen LogP contribution is 2.43. The number of likely N-dealkylation sites (tertiary alicyclic amines) is 1. The summed E-state index contributed by atoms with van der Waals surface area (Å²) < 4.78 is 0. The summed E-state index contributed by atoms with van der Waals surface area (Å²) in [6.07, 6.45) is 10.1. The van der Waals surface area contributed by atoms with Crippen molar-refractivity contribution in [1.29, 1.82) is 0 Å². The summed E-state index contributed by atoms with van der Waals surface area (Å²) in [6, 6.07) is 10.0.